The van der Waals surface area contributed by atoms with Crippen molar-refractivity contribution in [2.24, 2.45) is 0 Å². The summed E-state index contributed by atoms with van der Waals surface area (Å²) in [5.41, 5.74) is 0.695. The molecule has 0 saturated heterocycles. The molecule has 0 aliphatic carbocycles. The normalized spacial score (nSPS) is 10.1. The lowest BCUT2D eigenvalue weighted by molar-refractivity contribution is -0.119. The largest absolute Gasteiger partial charge is 0.497 e. The third-order valence-corrected chi connectivity index (χ3v) is 3.79. The van der Waals surface area contributed by atoms with Gasteiger partial charge < -0.3 is 29.0 Å². The maximum atomic E-state index is 12.3. The van der Waals surface area contributed by atoms with Gasteiger partial charge in [0.2, 0.25) is 0 Å². The second-order valence-corrected chi connectivity index (χ2v) is 5.72. The van der Waals surface area contributed by atoms with Gasteiger partial charge >= 0.3 is 5.97 Å². The molecule has 0 unspecified atom stereocenters. The van der Waals surface area contributed by atoms with Crippen LogP contribution in [-0.2, 0) is 9.53 Å². The van der Waals surface area contributed by atoms with E-state index in [0.29, 0.717) is 41.9 Å². The minimum absolute atomic E-state index is 0.195. The van der Waals surface area contributed by atoms with E-state index in [4.69, 9.17) is 23.7 Å². The van der Waals surface area contributed by atoms with E-state index in [1.165, 1.54) is 20.3 Å². The Labute approximate surface area is 169 Å². The Morgan fingerprint density at radius 1 is 0.862 bits per heavy atom. The van der Waals surface area contributed by atoms with Crippen molar-refractivity contribution in [2.75, 3.05) is 39.4 Å². The van der Waals surface area contributed by atoms with Crippen LogP contribution < -0.4 is 24.3 Å². The molecule has 1 N–H and O–H groups in total. The van der Waals surface area contributed by atoms with Crippen LogP contribution in [0, 0.1) is 0 Å². The van der Waals surface area contributed by atoms with Gasteiger partial charge in [-0.25, -0.2) is 4.79 Å². The van der Waals surface area contributed by atoms with Crippen molar-refractivity contribution in [3.63, 3.8) is 0 Å². The maximum absolute atomic E-state index is 12.3. The van der Waals surface area contributed by atoms with E-state index in [9.17, 15) is 9.59 Å². The Bertz CT molecular complexity index is 851. The van der Waals surface area contributed by atoms with Gasteiger partial charge in [-0.2, -0.15) is 0 Å². The van der Waals surface area contributed by atoms with Crippen molar-refractivity contribution in [1.29, 1.82) is 0 Å². The lowest BCUT2D eigenvalue weighted by atomic mass is 10.2. The summed E-state index contributed by atoms with van der Waals surface area (Å²) < 4.78 is 26.4. The van der Waals surface area contributed by atoms with Crippen LogP contribution in [0.25, 0.3) is 0 Å². The van der Waals surface area contributed by atoms with Gasteiger partial charge in [0, 0.05) is 17.8 Å². The van der Waals surface area contributed by atoms with E-state index in [-0.39, 0.29) is 5.56 Å². The van der Waals surface area contributed by atoms with Gasteiger partial charge in [-0.1, -0.05) is 0 Å². The molecule has 0 spiro atoms. The third kappa shape index (κ3) is 6.03. The van der Waals surface area contributed by atoms with E-state index >= 15 is 0 Å². The molecular formula is C21H25NO7. The third-order valence-electron chi connectivity index (χ3n) is 3.79. The predicted octanol–water partition coefficient (Wildman–Crippen LogP) is 3.30. The fourth-order valence-corrected chi connectivity index (χ4v) is 2.50. The molecule has 2 rings (SSSR count). The quantitative estimate of drug-likeness (QED) is 0.609. The fourth-order valence-electron chi connectivity index (χ4n) is 2.50. The van der Waals surface area contributed by atoms with Crippen LogP contribution >= 0.6 is 0 Å². The Kier molecular flexibility index (Phi) is 8.14. The number of amides is 1. The zero-order valence-electron chi connectivity index (χ0n) is 16.9. The van der Waals surface area contributed by atoms with E-state index < -0.39 is 18.5 Å². The number of anilines is 1. The molecule has 156 valence electrons. The number of carbonyl (C=O) groups excluding carboxylic acids is 2. The molecule has 8 nitrogen and oxygen atoms in total. The number of esters is 1. The van der Waals surface area contributed by atoms with Crippen LogP contribution in [0.4, 0.5) is 5.69 Å². The van der Waals surface area contributed by atoms with E-state index in [1.807, 2.05) is 13.8 Å². The van der Waals surface area contributed by atoms with Gasteiger partial charge in [0.25, 0.3) is 5.91 Å². The number of hydrogen-bond donors (Lipinski definition) is 1. The number of nitrogens with one attached hydrogen (secondary N) is 1. The summed E-state index contributed by atoms with van der Waals surface area (Å²) in [5.74, 6) is 0.774. The van der Waals surface area contributed by atoms with Crippen LogP contribution in [0.2, 0.25) is 0 Å². The smallest absolute Gasteiger partial charge is 0.342 e. The standard InChI is InChI=1S/C21H25NO7/c1-5-27-17-10-7-14(11-19(17)28-6-2)22-20(23)13-29-21(24)16-9-8-15(25-3)12-18(16)26-4/h7-12H,5-6,13H2,1-4H3,(H,22,23). The first-order chi connectivity index (χ1) is 14.0. The second kappa shape index (κ2) is 10.8. The van der Waals surface area contributed by atoms with Crippen LogP contribution in [0.1, 0.15) is 24.2 Å². The van der Waals surface area contributed by atoms with Gasteiger partial charge in [0.1, 0.15) is 17.1 Å². The molecule has 0 radical (unpaired) electrons. The van der Waals surface area contributed by atoms with Crippen molar-refractivity contribution in [2.45, 2.75) is 13.8 Å². The van der Waals surface area contributed by atoms with Crippen molar-refractivity contribution in [3.05, 3.63) is 42.0 Å². The van der Waals surface area contributed by atoms with Crippen LogP contribution in [0.15, 0.2) is 36.4 Å². The molecule has 0 bridgehead atoms. The molecule has 0 aliphatic heterocycles. The summed E-state index contributed by atoms with van der Waals surface area (Å²) in [6.45, 7) is 4.23. The number of rotatable bonds is 10. The molecule has 0 aliphatic rings. The Morgan fingerprint density at radius 3 is 2.24 bits per heavy atom. The number of carbonyl (C=O) groups is 2. The van der Waals surface area contributed by atoms with Crippen LogP contribution in [0.5, 0.6) is 23.0 Å². The van der Waals surface area contributed by atoms with Gasteiger partial charge in [-0.3, -0.25) is 4.79 Å². The number of benzene rings is 2. The molecule has 2 aromatic rings. The van der Waals surface area contributed by atoms with Crippen molar-refractivity contribution >= 4 is 17.6 Å². The summed E-state index contributed by atoms with van der Waals surface area (Å²) >= 11 is 0. The van der Waals surface area contributed by atoms with E-state index in [1.54, 1.807) is 30.3 Å². The Hall–Kier alpha value is -3.42. The molecule has 8 heteroatoms. The SMILES string of the molecule is CCOc1ccc(NC(=O)COC(=O)c2ccc(OC)cc2OC)cc1OCC. The Morgan fingerprint density at radius 2 is 1.59 bits per heavy atom. The molecule has 0 fully saturated rings. The number of methoxy groups -OCH3 is 2. The minimum atomic E-state index is -0.679. The molecule has 0 saturated carbocycles. The lowest BCUT2D eigenvalue weighted by Gasteiger charge is -2.13. The monoisotopic (exact) mass is 403 g/mol. The highest BCUT2D eigenvalue weighted by molar-refractivity contribution is 5.97. The van der Waals surface area contributed by atoms with Crippen molar-refractivity contribution < 1.29 is 33.3 Å². The van der Waals surface area contributed by atoms with E-state index in [0.717, 1.165) is 0 Å². The first kappa shape index (κ1) is 21.9. The lowest BCUT2D eigenvalue weighted by Crippen LogP contribution is -2.21. The summed E-state index contributed by atoms with van der Waals surface area (Å²) in [4.78, 5) is 24.4. The molecule has 0 aromatic heterocycles. The molecular weight excluding hydrogens is 378 g/mol. The highest BCUT2D eigenvalue weighted by Gasteiger charge is 2.17. The summed E-state index contributed by atoms with van der Waals surface area (Å²) in [5, 5.41) is 2.66. The Balaban J connectivity index is 1.99. The highest BCUT2D eigenvalue weighted by atomic mass is 16.5. The zero-order chi connectivity index (χ0) is 21.2. The average Bonchev–Trinajstić information content (AvgIpc) is 2.73. The highest BCUT2D eigenvalue weighted by Crippen LogP contribution is 2.30. The van der Waals surface area contributed by atoms with Gasteiger partial charge in [0.15, 0.2) is 18.1 Å². The topological polar surface area (TPSA) is 92.3 Å². The number of hydrogen-bond acceptors (Lipinski definition) is 7. The number of ether oxygens (including phenoxy) is 5. The minimum Gasteiger partial charge on any atom is -0.497 e. The van der Waals surface area contributed by atoms with E-state index in [2.05, 4.69) is 5.32 Å². The molecule has 0 heterocycles. The molecule has 2 aromatic carbocycles. The first-order valence-electron chi connectivity index (χ1n) is 9.11. The second-order valence-electron chi connectivity index (χ2n) is 5.72. The predicted molar refractivity (Wildman–Crippen MR) is 107 cm³/mol. The average molecular weight is 403 g/mol. The van der Waals surface area contributed by atoms with Gasteiger partial charge in [0.05, 0.1) is 27.4 Å². The van der Waals surface area contributed by atoms with Crippen molar-refractivity contribution in [3.8, 4) is 23.0 Å². The first-order valence-corrected chi connectivity index (χ1v) is 9.11. The molecule has 29 heavy (non-hydrogen) atoms. The van der Waals surface area contributed by atoms with Crippen LogP contribution in [-0.4, -0.2) is 45.9 Å². The summed E-state index contributed by atoms with van der Waals surface area (Å²) in [7, 11) is 2.94. The van der Waals surface area contributed by atoms with Crippen molar-refractivity contribution in [1.82, 2.24) is 0 Å². The molecule has 1 amide bonds. The zero-order valence-corrected chi connectivity index (χ0v) is 16.9. The van der Waals surface area contributed by atoms with Gasteiger partial charge in [-0.05, 0) is 38.1 Å². The van der Waals surface area contributed by atoms with Gasteiger partial charge in [-0.15, -0.1) is 0 Å². The van der Waals surface area contributed by atoms with Crippen LogP contribution in [0.3, 0.4) is 0 Å². The summed E-state index contributed by atoms with van der Waals surface area (Å²) in [6, 6.07) is 9.72. The maximum Gasteiger partial charge on any atom is 0.342 e. The fraction of sp³-hybridized carbons (Fsp3) is 0.333. The summed E-state index contributed by atoms with van der Waals surface area (Å²) in [6.07, 6.45) is 0. The molecule has 0 atom stereocenters.